The van der Waals surface area contributed by atoms with E-state index in [1.807, 2.05) is 11.0 Å². The van der Waals surface area contributed by atoms with Crippen LogP contribution in [-0.4, -0.2) is 22.3 Å². The summed E-state index contributed by atoms with van der Waals surface area (Å²) in [5.41, 5.74) is 2.46. The third kappa shape index (κ3) is 2.80. The SMILES string of the molecule is O=C(Cc1nc(C2CC2)cs1)N1CCCC1c1ccccc1. The summed E-state index contributed by atoms with van der Waals surface area (Å²) in [6, 6.07) is 10.6. The molecule has 1 aliphatic heterocycles. The third-order valence-corrected chi connectivity index (χ3v) is 5.49. The highest BCUT2D eigenvalue weighted by atomic mass is 32.1. The number of hydrogen-bond acceptors (Lipinski definition) is 3. The van der Waals surface area contributed by atoms with Crippen LogP contribution in [0.4, 0.5) is 0 Å². The summed E-state index contributed by atoms with van der Waals surface area (Å²) in [6.07, 6.45) is 5.15. The first-order valence-corrected chi connectivity index (χ1v) is 8.98. The van der Waals surface area contributed by atoms with Crippen LogP contribution in [0.5, 0.6) is 0 Å². The summed E-state index contributed by atoms with van der Waals surface area (Å²) in [5, 5.41) is 3.12. The Labute approximate surface area is 135 Å². The van der Waals surface area contributed by atoms with Gasteiger partial charge in [0, 0.05) is 17.8 Å². The molecule has 4 rings (SSSR count). The molecule has 1 saturated heterocycles. The monoisotopic (exact) mass is 312 g/mol. The molecular weight excluding hydrogens is 292 g/mol. The lowest BCUT2D eigenvalue weighted by Gasteiger charge is -2.24. The molecule has 1 saturated carbocycles. The van der Waals surface area contributed by atoms with Gasteiger partial charge in [-0.25, -0.2) is 4.98 Å². The van der Waals surface area contributed by atoms with Gasteiger partial charge < -0.3 is 4.90 Å². The second-order valence-corrected chi connectivity index (χ2v) is 7.22. The quantitative estimate of drug-likeness (QED) is 0.857. The minimum absolute atomic E-state index is 0.225. The van der Waals surface area contributed by atoms with E-state index >= 15 is 0 Å². The summed E-state index contributed by atoms with van der Waals surface area (Å²) in [6.45, 7) is 0.874. The molecule has 1 aromatic carbocycles. The molecule has 0 spiro atoms. The Balaban J connectivity index is 1.46. The van der Waals surface area contributed by atoms with E-state index in [2.05, 4.69) is 34.6 Å². The van der Waals surface area contributed by atoms with Crippen molar-refractivity contribution in [1.82, 2.24) is 9.88 Å². The smallest absolute Gasteiger partial charge is 0.229 e. The molecule has 2 aliphatic rings. The Morgan fingerprint density at radius 2 is 2.05 bits per heavy atom. The first-order chi connectivity index (χ1) is 10.8. The van der Waals surface area contributed by atoms with Gasteiger partial charge in [0.15, 0.2) is 0 Å². The van der Waals surface area contributed by atoms with Gasteiger partial charge in [-0.3, -0.25) is 4.79 Å². The molecule has 1 atom stereocenters. The number of benzene rings is 1. The van der Waals surface area contributed by atoms with Crippen LogP contribution in [0.25, 0.3) is 0 Å². The van der Waals surface area contributed by atoms with Gasteiger partial charge >= 0.3 is 0 Å². The predicted octanol–water partition coefficient (Wildman–Crippen LogP) is 3.93. The molecule has 0 N–H and O–H groups in total. The Bertz CT molecular complexity index is 663. The molecule has 22 heavy (non-hydrogen) atoms. The largest absolute Gasteiger partial charge is 0.335 e. The van der Waals surface area contributed by atoms with Crippen molar-refractivity contribution in [3.8, 4) is 0 Å². The normalized spacial score (nSPS) is 21.3. The zero-order valence-electron chi connectivity index (χ0n) is 12.6. The van der Waals surface area contributed by atoms with Crippen LogP contribution in [0, 0.1) is 0 Å². The number of carbonyl (C=O) groups excluding carboxylic acids is 1. The molecule has 0 radical (unpaired) electrons. The Kier molecular flexibility index (Phi) is 3.70. The van der Waals surface area contributed by atoms with Crippen LogP contribution >= 0.6 is 11.3 Å². The molecule has 3 nitrogen and oxygen atoms in total. The van der Waals surface area contributed by atoms with Crippen LogP contribution in [0.1, 0.15) is 53.9 Å². The van der Waals surface area contributed by atoms with E-state index in [0.717, 1.165) is 24.4 Å². The number of likely N-dealkylation sites (tertiary alicyclic amines) is 1. The zero-order chi connectivity index (χ0) is 14.9. The maximum absolute atomic E-state index is 12.7. The number of thiazole rings is 1. The highest BCUT2D eigenvalue weighted by molar-refractivity contribution is 7.09. The van der Waals surface area contributed by atoms with Crippen LogP contribution in [-0.2, 0) is 11.2 Å². The van der Waals surface area contributed by atoms with E-state index in [1.54, 1.807) is 11.3 Å². The maximum Gasteiger partial charge on any atom is 0.229 e. The van der Waals surface area contributed by atoms with Crippen LogP contribution in [0.2, 0.25) is 0 Å². The fourth-order valence-corrected chi connectivity index (χ4v) is 4.16. The number of aromatic nitrogens is 1. The molecule has 0 bridgehead atoms. The lowest BCUT2D eigenvalue weighted by atomic mass is 10.0. The summed E-state index contributed by atoms with van der Waals surface area (Å²) < 4.78 is 0. The lowest BCUT2D eigenvalue weighted by molar-refractivity contribution is -0.131. The van der Waals surface area contributed by atoms with Gasteiger partial charge in [0.2, 0.25) is 5.91 Å². The van der Waals surface area contributed by atoms with Crippen molar-refractivity contribution in [2.24, 2.45) is 0 Å². The molecule has 114 valence electrons. The third-order valence-electron chi connectivity index (χ3n) is 4.63. The molecule has 2 aromatic rings. The molecule has 1 aliphatic carbocycles. The number of carbonyl (C=O) groups is 1. The van der Waals surface area contributed by atoms with Crippen molar-refractivity contribution in [3.63, 3.8) is 0 Å². The average molecular weight is 312 g/mol. The van der Waals surface area contributed by atoms with Crippen molar-refractivity contribution in [2.75, 3.05) is 6.54 Å². The molecule has 2 fully saturated rings. The van der Waals surface area contributed by atoms with Crippen molar-refractivity contribution in [3.05, 3.63) is 52.0 Å². The molecule has 1 amide bonds. The van der Waals surface area contributed by atoms with E-state index in [0.29, 0.717) is 12.3 Å². The summed E-state index contributed by atoms with van der Waals surface area (Å²) >= 11 is 1.64. The predicted molar refractivity (Wildman–Crippen MR) is 87.9 cm³/mol. The van der Waals surface area contributed by atoms with Gasteiger partial charge in [-0.05, 0) is 31.2 Å². The first-order valence-electron chi connectivity index (χ1n) is 8.10. The maximum atomic E-state index is 12.7. The number of rotatable bonds is 4. The second-order valence-electron chi connectivity index (χ2n) is 6.27. The fraction of sp³-hybridized carbons (Fsp3) is 0.444. The topological polar surface area (TPSA) is 33.2 Å². The van der Waals surface area contributed by atoms with Crippen LogP contribution in [0.3, 0.4) is 0 Å². The molecular formula is C18H20N2OS. The van der Waals surface area contributed by atoms with Gasteiger partial charge in [-0.1, -0.05) is 30.3 Å². The van der Waals surface area contributed by atoms with Crippen molar-refractivity contribution >= 4 is 17.2 Å². The molecule has 4 heteroatoms. The second kappa shape index (κ2) is 5.84. The van der Waals surface area contributed by atoms with E-state index in [1.165, 1.54) is 24.1 Å². The molecule has 1 unspecified atom stereocenters. The highest BCUT2D eigenvalue weighted by Gasteiger charge is 2.31. The van der Waals surface area contributed by atoms with E-state index in [4.69, 9.17) is 0 Å². The first kappa shape index (κ1) is 13.9. The van der Waals surface area contributed by atoms with Gasteiger partial charge in [0.1, 0.15) is 5.01 Å². The highest BCUT2D eigenvalue weighted by Crippen LogP contribution is 2.40. The van der Waals surface area contributed by atoms with Gasteiger partial charge in [-0.2, -0.15) is 0 Å². The molecule has 1 aromatic heterocycles. The summed E-state index contributed by atoms with van der Waals surface area (Å²) in [7, 11) is 0. The van der Waals surface area contributed by atoms with Gasteiger partial charge in [-0.15, -0.1) is 11.3 Å². The Morgan fingerprint density at radius 1 is 1.23 bits per heavy atom. The lowest BCUT2D eigenvalue weighted by Crippen LogP contribution is -2.31. The fourth-order valence-electron chi connectivity index (χ4n) is 3.29. The summed E-state index contributed by atoms with van der Waals surface area (Å²) in [5.74, 6) is 0.895. The Morgan fingerprint density at radius 3 is 2.82 bits per heavy atom. The minimum Gasteiger partial charge on any atom is -0.335 e. The van der Waals surface area contributed by atoms with Crippen molar-refractivity contribution in [1.29, 1.82) is 0 Å². The van der Waals surface area contributed by atoms with E-state index < -0.39 is 0 Å². The number of nitrogens with zero attached hydrogens (tertiary/aromatic N) is 2. The summed E-state index contributed by atoms with van der Waals surface area (Å²) in [4.78, 5) is 19.4. The van der Waals surface area contributed by atoms with Gasteiger partial charge in [0.25, 0.3) is 0 Å². The zero-order valence-corrected chi connectivity index (χ0v) is 13.4. The number of hydrogen-bond donors (Lipinski definition) is 0. The minimum atomic E-state index is 0.225. The Hall–Kier alpha value is -1.68. The average Bonchev–Trinajstić information content (AvgIpc) is 3.10. The van der Waals surface area contributed by atoms with Gasteiger partial charge in [0.05, 0.1) is 18.2 Å². The van der Waals surface area contributed by atoms with Crippen LogP contribution in [0.15, 0.2) is 35.7 Å². The standard InChI is InChI=1S/C18H20N2OS/c21-18(11-17-19-15(12-22-17)13-8-9-13)20-10-4-7-16(20)14-5-2-1-3-6-14/h1-3,5-6,12-13,16H,4,7-11H2. The number of amides is 1. The van der Waals surface area contributed by atoms with E-state index in [-0.39, 0.29) is 11.9 Å². The van der Waals surface area contributed by atoms with Crippen molar-refractivity contribution in [2.45, 2.75) is 44.1 Å². The van der Waals surface area contributed by atoms with Crippen LogP contribution < -0.4 is 0 Å². The van der Waals surface area contributed by atoms with E-state index in [9.17, 15) is 4.79 Å². The molecule has 2 heterocycles. The van der Waals surface area contributed by atoms with Crippen molar-refractivity contribution < 1.29 is 4.79 Å².